The van der Waals surface area contributed by atoms with Gasteiger partial charge in [0.15, 0.2) is 0 Å². The fourth-order valence-electron chi connectivity index (χ4n) is 0.558. The van der Waals surface area contributed by atoms with Crippen molar-refractivity contribution >= 4 is 24.8 Å². The monoisotopic (exact) mass is 248 g/mol. The zero-order valence-corrected chi connectivity index (χ0v) is 10.8. The normalized spacial score (nSPS) is 7.71. The van der Waals surface area contributed by atoms with E-state index in [0.29, 0.717) is 0 Å². The van der Waals surface area contributed by atoms with E-state index in [4.69, 9.17) is 11.5 Å². The molecule has 0 saturated heterocycles. The largest absolute Gasteiger partial charge is 0.329 e. The Kier molecular flexibility index (Phi) is 49.9. The Hall–Kier alpha value is 0.420. The summed E-state index contributed by atoms with van der Waals surface area (Å²) in [6.07, 6.45) is 0. The Balaban J connectivity index is -0.0000000625. The maximum Gasteiger partial charge on any atom is 0.00743 e. The van der Waals surface area contributed by atoms with E-state index in [0.717, 1.165) is 39.3 Å². The highest BCUT2D eigenvalue weighted by Crippen LogP contribution is 1.49. The van der Waals surface area contributed by atoms with Crippen molar-refractivity contribution < 1.29 is 0 Å². The predicted molar refractivity (Wildman–Crippen MR) is 69.7 cm³/mol. The highest BCUT2D eigenvalue weighted by Gasteiger charge is 1.71. The third-order valence-corrected chi connectivity index (χ3v) is 1.14. The summed E-state index contributed by atoms with van der Waals surface area (Å²) in [5.74, 6) is 0. The van der Waals surface area contributed by atoms with E-state index in [-0.39, 0.29) is 24.8 Å². The van der Waals surface area contributed by atoms with Crippen molar-refractivity contribution in [3.05, 3.63) is 0 Å². The first-order chi connectivity index (χ1) is 5.83. The summed E-state index contributed by atoms with van der Waals surface area (Å²) in [7, 11) is 0. The first-order valence-electron chi connectivity index (χ1n) is 4.64. The predicted octanol–water partition coefficient (Wildman–Crippen LogP) is -0.0472. The molecule has 0 saturated carbocycles. The number of likely N-dealkylation sites (N-methyl/N-ethyl adjacent to an activating group) is 2. The Morgan fingerprint density at radius 1 is 0.786 bits per heavy atom. The summed E-state index contributed by atoms with van der Waals surface area (Å²) in [4.78, 5) is 0. The average Bonchev–Trinajstić information content (AvgIpc) is 2.12. The maximum atomic E-state index is 5.15. The van der Waals surface area contributed by atoms with Gasteiger partial charge in [-0.25, -0.2) is 0 Å². The topological polar surface area (TPSA) is 76.1 Å². The van der Waals surface area contributed by atoms with Gasteiger partial charge in [0.2, 0.25) is 0 Å². The van der Waals surface area contributed by atoms with E-state index >= 15 is 0 Å². The van der Waals surface area contributed by atoms with Gasteiger partial charge in [-0.3, -0.25) is 0 Å². The third-order valence-electron chi connectivity index (χ3n) is 1.14. The molecule has 92 valence electrons. The molecule has 0 aliphatic carbocycles. The fraction of sp³-hybridized carbons (Fsp3) is 1.00. The minimum absolute atomic E-state index is 0. The van der Waals surface area contributed by atoms with E-state index in [2.05, 4.69) is 24.5 Å². The van der Waals surface area contributed by atoms with Crippen LogP contribution in [0.15, 0.2) is 0 Å². The molecule has 0 heterocycles. The van der Waals surface area contributed by atoms with Gasteiger partial charge in [0.25, 0.3) is 0 Å². The maximum absolute atomic E-state index is 5.15. The number of nitrogens with one attached hydrogen (secondary N) is 2. The standard InChI is InChI=1S/2C4H12N2.2ClH/c2*1-2-6-4-3-5;;/h2*6H,2-5H2,1H3;2*1H. The van der Waals surface area contributed by atoms with Gasteiger partial charge in [-0.1, -0.05) is 13.8 Å². The fourth-order valence-corrected chi connectivity index (χ4v) is 0.558. The second-order valence-corrected chi connectivity index (χ2v) is 2.28. The first kappa shape index (κ1) is 23.9. The van der Waals surface area contributed by atoms with E-state index in [1.807, 2.05) is 0 Å². The Morgan fingerprint density at radius 2 is 1.07 bits per heavy atom. The number of rotatable bonds is 6. The zero-order chi connectivity index (χ0) is 9.66. The molecule has 4 nitrogen and oxygen atoms in total. The van der Waals surface area contributed by atoms with Gasteiger partial charge >= 0.3 is 0 Å². The van der Waals surface area contributed by atoms with Crippen LogP contribution in [0, 0.1) is 0 Å². The third kappa shape index (κ3) is 39.3. The second-order valence-electron chi connectivity index (χ2n) is 2.28. The van der Waals surface area contributed by atoms with Gasteiger partial charge < -0.3 is 22.1 Å². The highest BCUT2D eigenvalue weighted by atomic mass is 35.5. The molecule has 6 N–H and O–H groups in total. The molecule has 0 aromatic rings. The number of hydrogen-bond donors (Lipinski definition) is 4. The molecule has 0 aliphatic rings. The Bertz CT molecular complexity index is 51.3. The molecule has 0 aromatic heterocycles. The molecule has 14 heavy (non-hydrogen) atoms. The number of hydrogen-bond acceptors (Lipinski definition) is 4. The van der Waals surface area contributed by atoms with Crippen LogP contribution in [-0.4, -0.2) is 39.3 Å². The molecule has 0 aliphatic heterocycles. The smallest absolute Gasteiger partial charge is 0.00743 e. The molecule has 0 radical (unpaired) electrons. The first-order valence-corrected chi connectivity index (χ1v) is 4.64. The summed E-state index contributed by atoms with van der Waals surface area (Å²) >= 11 is 0. The van der Waals surface area contributed by atoms with Crippen LogP contribution >= 0.6 is 24.8 Å². The van der Waals surface area contributed by atoms with Crippen molar-refractivity contribution in [3.63, 3.8) is 0 Å². The average molecular weight is 249 g/mol. The van der Waals surface area contributed by atoms with Crippen LogP contribution in [-0.2, 0) is 0 Å². The summed E-state index contributed by atoms with van der Waals surface area (Å²) < 4.78 is 0. The molecular weight excluding hydrogens is 223 g/mol. The minimum Gasteiger partial charge on any atom is -0.329 e. The number of nitrogens with two attached hydrogens (primary N) is 2. The van der Waals surface area contributed by atoms with Gasteiger partial charge in [-0.05, 0) is 13.1 Å². The van der Waals surface area contributed by atoms with Crippen molar-refractivity contribution in [1.29, 1.82) is 0 Å². The van der Waals surface area contributed by atoms with Crippen LogP contribution in [0.25, 0.3) is 0 Å². The van der Waals surface area contributed by atoms with Gasteiger partial charge in [-0.2, -0.15) is 0 Å². The lowest BCUT2D eigenvalue weighted by Gasteiger charge is -1.92. The molecule has 0 rings (SSSR count). The van der Waals surface area contributed by atoms with Crippen LogP contribution in [0.5, 0.6) is 0 Å². The van der Waals surface area contributed by atoms with Crippen LogP contribution in [0.3, 0.4) is 0 Å². The summed E-state index contributed by atoms with van der Waals surface area (Å²) in [5.41, 5.74) is 10.3. The number of halogens is 2. The van der Waals surface area contributed by atoms with E-state index in [9.17, 15) is 0 Å². The van der Waals surface area contributed by atoms with Crippen LogP contribution in [0.2, 0.25) is 0 Å². The quantitative estimate of drug-likeness (QED) is 0.498. The van der Waals surface area contributed by atoms with E-state index in [1.54, 1.807) is 0 Å². The van der Waals surface area contributed by atoms with Gasteiger partial charge in [-0.15, -0.1) is 24.8 Å². The van der Waals surface area contributed by atoms with Crippen LogP contribution in [0.4, 0.5) is 0 Å². The molecular formula is C8H26Cl2N4. The van der Waals surface area contributed by atoms with Crippen LogP contribution in [0.1, 0.15) is 13.8 Å². The molecule has 0 atom stereocenters. The lowest BCUT2D eigenvalue weighted by atomic mass is 10.6. The molecule has 0 aromatic carbocycles. The molecule has 0 spiro atoms. The molecule has 6 heteroatoms. The van der Waals surface area contributed by atoms with Gasteiger partial charge in [0.05, 0.1) is 0 Å². The molecule has 0 fully saturated rings. The minimum atomic E-state index is 0. The van der Waals surface area contributed by atoms with Gasteiger partial charge in [0, 0.05) is 26.2 Å². The summed E-state index contributed by atoms with van der Waals surface area (Å²) in [5, 5.41) is 6.15. The van der Waals surface area contributed by atoms with Crippen molar-refractivity contribution in [2.45, 2.75) is 13.8 Å². The van der Waals surface area contributed by atoms with E-state index < -0.39 is 0 Å². The second kappa shape index (κ2) is 29.2. The molecule has 0 amide bonds. The Labute approximate surface area is 100 Å². The zero-order valence-electron chi connectivity index (χ0n) is 9.21. The SMILES string of the molecule is CCNCCN.CCNCCN.Cl.Cl. The van der Waals surface area contributed by atoms with Gasteiger partial charge in [0.1, 0.15) is 0 Å². The van der Waals surface area contributed by atoms with Crippen LogP contribution < -0.4 is 22.1 Å². The van der Waals surface area contributed by atoms with Crippen molar-refractivity contribution in [2.24, 2.45) is 11.5 Å². The van der Waals surface area contributed by atoms with Crippen molar-refractivity contribution in [1.82, 2.24) is 10.6 Å². The molecule has 0 bridgehead atoms. The highest BCUT2D eigenvalue weighted by molar-refractivity contribution is 5.85. The van der Waals surface area contributed by atoms with Crippen molar-refractivity contribution in [2.75, 3.05) is 39.3 Å². The molecule has 0 unspecified atom stereocenters. The Morgan fingerprint density at radius 3 is 1.14 bits per heavy atom. The summed E-state index contributed by atoms with van der Waals surface area (Å²) in [6.45, 7) is 9.55. The lowest BCUT2D eigenvalue weighted by molar-refractivity contribution is 0.725. The van der Waals surface area contributed by atoms with Crippen molar-refractivity contribution in [3.8, 4) is 0 Å². The van der Waals surface area contributed by atoms with E-state index in [1.165, 1.54) is 0 Å². The summed E-state index contributed by atoms with van der Waals surface area (Å²) in [6, 6.07) is 0. The lowest BCUT2D eigenvalue weighted by Crippen LogP contribution is -2.21.